The zero-order valence-corrected chi connectivity index (χ0v) is 42.7. The molecule has 0 amide bonds. The molecule has 4 heteroatoms. The van der Waals surface area contributed by atoms with Crippen molar-refractivity contribution in [3.8, 4) is 0 Å². The molecule has 0 radical (unpaired) electrons. The predicted molar refractivity (Wildman–Crippen MR) is 272 cm³/mol. The van der Waals surface area contributed by atoms with Crippen molar-refractivity contribution in [3.05, 3.63) is 43.8 Å². The first-order valence-electron chi connectivity index (χ1n) is 28.7. The number of piperazine rings is 1. The van der Waals surface area contributed by atoms with Crippen LogP contribution in [0, 0.1) is 65.6 Å². The van der Waals surface area contributed by atoms with E-state index in [1.54, 1.807) is 40.3 Å². The van der Waals surface area contributed by atoms with E-state index in [9.17, 15) is 0 Å². The van der Waals surface area contributed by atoms with Gasteiger partial charge < -0.3 is 10.6 Å². The molecule has 1 aliphatic heterocycles. The van der Waals surface area contributed by atoms with Crippen molar-refractivity contribution < 1.29 is 0 Å². The summed E-state index contributed by atoms with van der Waals surface area (Å²) in [5.74, 6) is 10.8. The Morgan fingerprint density at radius 3 is 1.54 bits per heavy atom. The lowest BCUT2D eigenvalue weighted by molar-refractivity contribution is -0.0548. The Labute approximate surface area is 395 Å². The molecule has 1 saturated heterocycles. The maximum absolute atomic E-state index is 4.73. The number of rotatable bonds is 17. The minimum atomic E-state index is 0.555. The largest absolute Gasteiger partial charge is 0.307 e. The summed E-state index contributed by atoms with van der Waals surface area (Å²) in [7, 11) is 0. The molecule has 16 atom stereocenters. The molecule has 2 aromatic rings. The third-order valence-corrected chi connectivity index (χ3v) is 23.6. The number of nitrogens with one attached hydrogen (secondary N) is 2. The van der Waals surface area contributed by atoms with Gasteiger partial charge in [0, 0.05) is 55.5 Å². The molecule has 2 nitrogen and oxygen atoms in total. The first kappa shape index (κ1) is 46.1. The normalized spacial score (nSPS) is 40.6. The summed E-state index contributed by atoms with van der Waals surface area (Å²) in [6, 6.07) is 12.8. The highest BCUT2D eigenvalue weighted by atomic mass is 32.1. The molecule has 8 aliphatic rings. The third-order valence-electron chi connectivity index (χ3n) is 21.1. The van der Waals surface area contributed by atoms with Crippen LogP contribution < -0.4 is 10.6 Å². The highest BCUT2D eigenvalue weighted by Crippen LogP contribution is 2.69. The van der Waals surface area contributed by atoms with Gasteiger partial charge in [0.1, 0.15) is 0 Å². The van der Waals surface area contributed by atoms with Crippen LogP contribution >= 0.6 is 22.7 Å². The molecule has 7 saturated carbocycles. The molecule has 10 rings (SSSR count). The molecule has 8 fully saturated rings. The summed E-state index contributed by atoms with van der Waals surface area (Å²) in [5, 5.41) is 9.42. The van der Waals surface area contributed by atoms with E-state index in [0.717, 1.165) is 59.2 Å². The molecule has 16 unspecified atom stereocenters. The van der Waals surface area contributed by atoms with Crippen molar-refractivity contribution in [1.82, 2.24) is 10.6 Å². The van der Waals surface area contributed by atoms with Gasteiger partial charge in [-0.3, -0.25) is 0 Å². The van der Waals surface area contributed by atoms with E-state index in [-0.39, 0.29) is 0 Å². The van der Waals surface area contributed by atoms with Crippen LogP contribution in [0.2, 0.25) is 0 Å². The summed E-state index contributed by atoms with van der Waals surface area (Å²) in [5.41, 5.74) is 0.618. The van der Waals surface area contributed by atoms with Crippen molar-refractivity contribution in [2.75, 3.05) is 0 Å². The number of hydrogen-bond donors (Lipinski definition) is 2. The smallest absolute Gasteiger partial charge is 0.0307 e. The fraction of sp³-hybridized carbons (Fsp3) is 0.864. The van der Waals surface area contributed by atoms with Gasteiger partial charge >= 0.3 is 0 Å². The summed E-state index contributed by atoms with van der Waals surface area (Å²) >= 11 is 4.43. The van der Waals surface area contributed by atoms with Crippen LogP contribution in [0.1, 0.15) is 251 Å². The van der Waals surface area contributed by atoms with Crippen molar-refractivity contribution >= 4 is 22.7 Å². The van der Waals surface area contributed by atoms with Crippen LogP contribution in [0.5, 0.6) is 0 Å². The topological polar surface area (TPSA) is 24.1 Å². The second kappa shape index (κ2) is 20.9. The molecule has 0 spiro atoms. The molecule has 2 N–H and O–H groups in total. The first-order chi connectivity index (χ1) is 31.0. The van der Waals surface area contributed by atoms with E-state index in [1.165, 1.54) is 172 Å². The minimum Gasteiger partial charge on any atom is -0.307 e. The maximum Gasteiger partial charge on any atom is 0.0307 e. The van der Waals surface area contributed by atoms with E-state index in [1.807, 2.05) is 0 Å². The van der Waals surface area contributed by atoms with E-state index in [2.05, 4.69) is 80.0 Å². The van der Waals surface area contributed by atoms with Crippen LogP contribution in [0.25, 0.3) is 0 Å². The fourth-order valence-corrected chi connectivity index (χ4v) is 20.7. The Hall–Kier alpha value is -0.680. The lowest BCUT2D eigenvalue weighted by Crippen LogP contribution is -2.76. The molecular weight excluding hydrogens is 801 g/mol. The van der Waals surface area contributed by atoms with Crippen LogP contribution in [0.15, 0.2) is 24.3 Å². The Kier molecular flexibility index (Phi) is 15.3. The van der Waals surface area contributed by atoms with Gasteiger partial charge in [0.05, 0.1) is 0 Å². The average molecular weight is 896 g/mol. The Balaban J connectivity index is 0.908. The molecule has 0 aromatic carbocycles. The average Bonchev–Trinajstić information content (AvgIpc) is 4.05. The van der Waals surface area contributed by atoms with E-state index in [4.69, 9.17) is 5.32 Å². The molecule has 2 aromatic heterocycles. The molecule has 352 valence electrons. The predicted octanol–water partition coefficient (Wildman–Crippen LogP) is 17.1. The van der Waals surface area contributed by atoms with Crippen LogP contribution in [-0.2, 0) is 0 Å². The third kappa shape index (κ3) is 9.30. The zero-order chi connectivity index (χ0) is 42.9. The second-order valence-corrected chi connectivity index (χ2v) is 26.8. The lowest BCUT2D eigenvalue weighted by Gasteiger charge is -2.62. The lowest BCUT2D eigenvalue weighted by atomic mass is 9.53. The van der Waals surface area contributed by atoms with Gasteiger partial charge in [-0.05, 0) is 179 Å². The maximum atomic E-state index is 4.73. The Morgan fingerprint density at radius 1 is 0.476 bits per heavy atom. The monoisotopic (exact) mass is 895 g/mol. The van der Waals surface area contributed by atoms with Gasteiger partial charge in [-0.1, -0.05) is 130 Å². The molecular formula is C59H94N2S2. The highest BCUT2D eigenvalue weighted by molar-refractivity contribution is 7.12. The van der Waals surface area contributed by atoms with Gasteiger partial charge in [0.15, 0.2) is 0 Å². The van der Waals surface area contributed by atoms with Crippen LogP contribution in [-0.4, -0.2) is 24.2 Å². The fourth-order valence-electron chi connectivity index (χ4n) is 18.3. The quantitative estimate of drug-likeness (QED) is 0.155. The summed E-state index contributed by atoms with van der Waals surface area (Å²) in [6.07, 6.45) is 44.3. The highest BCUT2D eigenvalue weighted by Gasteiger charge is 2.61. The van der Waals surface area contributed by atoms with Crippen molar-refractivity contribution in [3.63, 3.8) is 0 Å². The Morgan fingerprint density at radius 2 is 0.968 bits per heavy atom. The van der Waals surface area contributed by atoms with E-state index < -0.39 is 0 Å². The second-order valence-electron chi connectivity index (χ2n) is 24.4. The molecule has 0 bridgehead atoms. The standard InChI is InChI=1S/C59H94N2S2/c1-5-7-9-11-13-19-35-59(36-20-14-12-10-8-6-2)50-37-39(3)25-28-44(50)45-29-27-41(38-51(45)59)52-33-34-54(63-52)49-31-30-48(53-32-26-40(4)62-53)57-58(49)61-56-47-24-18-16-22-43(47)42-21-15-17-23-46(42)55(56)60-57/h26,32-34,39,41-51,55-58,60-61H,5-25,27-31,35-38H2,1-4H3. The molecule has 63 heavy (non-hydrogen) atoms. The van der Waals surface area contributed by atoms with Crippen LogP contribution in [0.3, 0.4) is 0 Å². The summed E-state index contributed by atoms with van der Waals surface area (Å²) in [4.78, 5) is 6.71. The number of hydrogen-bond acceptors (Lipinski definition) is 4. The van der Waals surface area contributed by atoms with Crippen molar-refractivity contribution in [1.29, 1.82) is 0 Å². The SMILES string of the molecule is CCCCCCCCC1(CCCCCCCC)C2CC(C)CCC2C2CCC(c3ccc(C4CCC(c5ccc(C)s5)C5NC6C7CCCCC7C7CCCCC7C6NC45)s3)CC21. The summed E-state index contributed by atoms with van der Waals surface area (Å²) < 4.78 is 0. The van der Waals surface area contributed by atoms with Gasteiger partial charge in [-0.25, -0.2) is 0 Å². The number of thiophene rings is 2. The van der Waals surface area contributed by atoms with Crippen LogP contribution in [0.4, 0.5) is 0 Å². The molecule has 3 heterocycles. The number of unbranched alkanes of at least 4 members (excludes halogenated alkanes) is 10. The minimum absolute atomic E-state index is 0.555. The van der Waals surface area contributed by atoms with Gasteiger partial charge in [-0.15, -0.1) is 22.7 Å². The zero-order valence-electron chi connectivity index (χ0n) is 41.1. The van der Waals surface area contributed by atoms with Crippen molar-refractivity contribution in [2.24, 2.45) is 58.7 Å². The van der Waals surface area contributed by atoms with Gasteiger partial charge in [-0.2, -0.15) is 0 Å². The van der Waals surface area contributed by atoms with E-state index in [0.29, 0.717) is 41.4 Å². The van der Waals surface area contributed by atoms with Gasteiger partial charge in [0.25, 0.3) is 0 Å². The number of fused-ring (bicyclic) bond motifs is 10. The first-order valence-corrected chi connectivity index (χ1v) is 30.3. The summed E-state index contributed by atoms with van der Waals surface area (Å²) in [6.45, 7) is 9.74. The molecule has 7 aliphatic carbocycles. The van der Waals surface area contributed by atoms with Gasteiger partial charge in [0.2, 0.25) is 0 Å². The van der Waals surface area contributed by atoms with Crippen molar-refractivity contribution in [2.45, 2.75) is 262 Å². The Bertz CT molecular complexity index is 1710. The number of aryl methyl sites for hydroxylation is 1. The van der Waals surface area contributed by atoms with E-state index >= 15 is 0 Å².